The van der Waals surface area contributed by atoms with Crippen molar-refractivity contribution >= 4 is 15.9 Å². The third kappa shape index (κ3) is 5.62. The first kappa shape index (κ1) is 21.4. The van der Waals surface area contributed by atoms with Crippen molar-refractivity contribution in [2.24, 2.45) is 0 Å². The van der Waals surface area contributed by atoms with Crippen molar-refractivity contribution in [1.29, 1.82) is 0 Å². The van der Waals surface area contributed by atoms with Gasteiger partial charge in [0.25, 0.3) is 5.91 Å². The fraction of sp³-hybridized carbons (Fsp3) is 0.526. The number of methoxy groups -OCH3 is 1. The molecule has 158 valence electrons. The normalized spacial score (nSPS) is 17.5. The second-order valence-electron chi connectivity index (χ2n) is 7.22. The minimum Gasteiger partial charge on any atom is -0.383 e. The van der Waals surface area contributed by atoms with Crippen molar-refractivity contribution in [2.45, 2.75) is 38.1 Å². The van der Waals surface area contributed by atoms with E-state index in [2.05, 4.69) is 15.6 Å². The molecule has 0 unspecified atom stereocenters. The quantitative estimate of drug-likeness (QED) is 0.605. The zero-order valence-corrected chi connectivity index (χ0v) is 17.6. The maximum atomic E-state index is 13.0. The number of ether oxygens (including phenoxy) is 1. The highest BCUT2D eigenvalue weighted by Crippen LogP contribution is 2.24. The van der Waals surface area contributed by atoms with E-state index in [-0.39, 0.29) is 23.4 Å². The van der Waals surface area contributed by atoms with E-state index in [9.17, 15) is 13.2 Å². The molecule has 2 aromatic rings. The Morgan fingerprint density at radius 1 is 1.31 bits per heavy atom. The second kappa shape index (κ2) is 9.47. The van der Waals surface area contributed by atoms with Crippen molar-refractivity contribution in [3.63, 3.8) is 0 Å². The predicted octanol–water partition coefficient (Wildman–Crippen LogP) is 0.957. The topological polar surface area (TPSA) is 106 Å². The molecule has 0 saturated carbocycles. The van der Waals surface area contributed by atoms with E-state index in [0.717, 1.165) is 24.0 Å². The maximum Gasteiger partial charge on any atom is 0.273 e. The van der Waals surface area contributed by atoms with Crippen LogP contribution in [0.5, 0.6) is 0 Å². The molecule has 1 amide bonds. The van der Waals surface area contributed by atoms with Crippen LogP contribution in [0.4, 0.5) is 0 Å². The van der Waals surface area contributed by atoms with E-state index in [0.29, 0.717) is 26.2 Å². The number of aryl methyl sites for hydroxylation is 1. The van der Waals surface area contributed by atoms with Gasteiger partial charge in [0.15, 0.2) is 5.69 Å². The summed E-state index contributed by atoms with van der Waals surface area (Å²) in [5, 5.41) is 10.6. The third-order valence-corrected chi connectivity index (χ3v) is 6.80. The van der Waals surface area contributed by atoms with Gasteiger partial charge in [-0.2, -0.15) is 4.31 Å². The first-order valence-electron chi connectivity index (χ1n) is 9.61. The number of nitrogens with one attached hydrogen (secondary N) is 1. The van der Waals surface area contributed by atoms with Crippen molar-refractivity contribution in [1.82, 2.24) is 24.6 Å². The lowest BCUT2D eigenvalue weighted by atomic mass is 10.2. The van der Waals surface area contributed by atoms with E-state index >= 15 is 0 Å². The molecule has 1 fully saturated rings. The summed E-state index contributed by atoms with van der Waals surface area (Å²) >= 11 is 0. The summed E-state index contributed by atoms with van der Waals surface area (Å²) in [6, 6.07) is 7.34. The summed E-state index contributed by atoms with van der Waals surface area (Å²) in [5.41, 5.74) is 2.07. The van der Waals surface area contributed by atoms with Gasteiger partial charge in [0, 0.05) is 26.2 Å². The number of aromatic nitrogens is 3. The molecule has 1 aliphatic rings. The van der Waals surface area contributed by atoms with Crippen LogP contribution in [0.2, 0.25) is 0 Å². The summed E-state index contributed by atoms with van der Waals surface area (Å²) in [7, 11) is -1.88. The lowest BCUT2D eigenvalue weighted by molar-refractivity contribution is 0.0932. The fourth-order valence-corrected chi connectivity index (χ4v) is 5.21. The van der Waals surface area contributed by atoms with Crippen molar-refractivity contribution in [3.05, 3.63) is 47.3 Å². The molecule has 3 rings (SSSR count). The molecule has 1 aliphatic heterocycles. The molecule has 0 spiro atoms. The molecular formula is C19H27N5O4S. The molecule has 9 nitrogen and oxygen atoms in total. The van der Waals surface area contributed by atoms with Crippen LogP contribution in [-0.2, 0) is 27.1 Å². The SMILES string of the molecule is COCCNC(=O)c1cn(C[C@@H]2CCCN2S(=O)(=O)Cc2ccc(C)cc2)nn1. The van der Waals surface area contributed by atoms with Crippen LogP contribution in [0.1, 0.15) is 34.5 Å². The number of amides is 1. The van der Waals surface area contributed by atoms with Gasteiger partial charge >= 0.3 is 0 Å². The lowest BCUT2D eigenvalue weighted by Crippen LogP contribution is -2.38. The molecule has 0 bridgehead atoms. The van der Waals surface area contributed by atoms with Crippen molar-refractivity contribution in [2.75, 3.05) is 26.8 Å². The number of carbonyl (C=O) groups excluding carboxylic acids is 1. The molecule has 0 aliphatic carbocycles. The Morgan fingerprint density at radius 2 is 2.07 bits per heavy atom. The molecule has 1 atom stereocenters. The minimum atomic E-state index is -3.44. The number of benzene rings is 1. The second-order valence-corrected chi connectivity index (χ2v) is 9.14. The number of hydrogen-bond acceptors (Lipinski definition) is 6. The van der Waals surface area contributed by atoms with Gasteiger partial charge in [0.05, 0.1) is 25.1 Å². The van der Waals surface area contributed by atoms with Crippen LogP contribution in [0, 0.1) is 6.92 Å². The average molecular weight is 422 g/mol. The zero-order valence-electron chi connectivity index (χ0n) is 16.7. The highest BCUT2D eigenvalue weighted by Gasteiger charge is 2.34. The van der Waals surface area contributed by atoms with Crippen molar-refractivity contribution < 1.29 is 17.9 Å². The zero-order chi connectivity index (χ0) is 20.9. The molecule has 2 heterocycles. The fourth-order valence-electron chi connectivity index (χ4n) is 3.40. The third-order valence-electron chi connectivity index (χ3n) is 4.91. The molecule has 10 heteroatoms. The van der Waals surface area contributed by atoms with Gasteiger partial charge in [-0.25, -0.2) is 8.42 Å². The summed E-state index contributed by atoms with van der Waals surface area (Å²) < 4.78 is 33.9. The van der Waals surface area contributed by atoms with Crippen LogP contribution in [0.15, 0.2) is 30.5 Å². The first-order chi connectivity index (χ1) is 13.9. The van der Waals surface area contributed by atoms with Gasteiger partial charge in [-0.3, -0.25) is 9.48 Å². The number of carbonyl (C=O) groups is 1. The standard InChI is InChI=1S/C19H27N5O4S/c1-15-5-7-16(8-6-15)14-29(26,27)24-10-3-4-17(24)12-23-13-18(21-22-23)19(25)20-9-11-28-2/h5-8,13,17H,3-4,9-12,14H2,1-2H3,(H,20,25)/t17-/m0/s1. The molecule has 0 radical (unpaired) electrons. The highest BCUT2D eigenvalue weighted by atomic mass is 32.2. The van der Waals surface area contributed by atoms with Crippen LogP contribution in [0.3, 0.4) is 0 Å². The smallest absolute Gasteiger partial charge is 0.273 e. The molecule has 1 saturated heterocycles. The van der Waals surface area contributed by atoms with E-state index in [1.165, 1.54) is 4.68 Å². The Balaban J connectivity index is 1.63. The van der Waals surface area contributed by atoms with Crippen LogP contribution >= 0.6 is 0 Å². The summed E-state index contributed by atoms with van der Waals surface area (Å²) in [6.45, 7) is 3.63. The Bertz CT molecular complexity index is 926. The van der Waals surface area contributed by atoms with E-state index in [1.807, 2.05) is 31.2 Å². The Morgan fingerprint density at radius 3 is 2.79 bits per heavy atom. The van der Waals surface area contributed by atoms with Crippen LogP contribution < -0.4 is 5.32 Å². The number of hydrogen-bond donors (Lipinski definition) is 1. The predicted molar refractivity (Wildman–Crippen MR) is 108 cm³/mol. The summed E-state index contributed by atoms with van der Waals surface area (Å²) in [5.74, 6) is -0.350. The van der Waals surface area contributed by atoms with Gasteiger partial charge in [-0.1, -0.05) is 35.0 Å². The van der Waals surface area contributed by atoms with E-state index < -0.39 is 10.0 Å². The Labute approximate surface area is 171 Å². The summed E-state index contributed by atoms with van der Waals surface area (Å²) in [6.07, 6.45) is 3.10. The molecule has 29 heavy (non-hydrogen) atoms. The molecular weight excluding hydrogens is 394 g/mol. The van der Waals surface area contributed by atoms with Gasteiger partial charge < -0.3 is 10.1 Å². The molecule has 1 aromatic carbocycles. The van der Waals surface area contributed by atoms with Crippen molar-refractivity contribution in [3.8, 4) is 0 Å². The lowest BCUT2D eigenvalue weighted by Gasteiger charge is -2.24. The van der Waals surface area contributed by atoms with Gasteiger partial charge in [0.1, 0.15) is 0 Å². The largest absolute Gasteiger partial charge is 0.383 e. The maximum absolute atomic E-state index is 13.0. The summed E-state index contributed by atoms with van der Waals surface area (Å²) in [4.78, 5) is 12.0. The van der Waals surface area contributed by atoms with Crippen LogP contribution in [-0.4, -0.2) is 66.5 Å². The molecule has 1 aromatic heterocycles. The number of nitrogens with zero attached hydrogens (tertiary/aromatic N) is 4. The number of rotatable bonds is 9. The number of sulfonamides is 1. The van der Waals surface area contributed by atoms with Gasteiger partial charge in [0.2, 0.25) is 10.0 Å². The van der Waals surface area contributed by atoms with E-state index in [1.54, 1.807) is 17.6 Å². The highest BCUT2D eigenvalue weighted by molar-refractivity contribution is 7.88. The Hall–Kier alpha value is -2.30. The van der Waals surface area contributed by atoms with Gasteiger partial charge in [-0.05, 0) is 25.3 Å². The minimum absolute atomic E-state index is 0.0196. The first-order valence-corrected chi connectivity index (χ1v) is 11.2. The van der Waals surface area contributed by atoms with Crippen LogP contribution in [0.25, 0.3) is 0 Å². The Kier molecular flexibility index (Phi) is 6.99. The average Bonchev–Trinajstić information content (AvgIpc) is 3.34. The molecule has 1 N–H and O–H groups in total. The van der Waals surface area contributed by atoms with E-state index in [4.69, 9.17) is 4.74 Å². The monoisotopic (exact) mass is 421 g/mol. The van der Waals surface area contributed by atoms with Gasteiger partial charge in [-0.15, -0.1) is 5.10 Å².